The van der Waals surface area contributed by atoms with Gasteiger partial charge in [-0.2, -0.15) is 5.10 Å². The molecule has 2 rings (SSSR count). The molecular weight excluding hydrogens is 308 g/mol. The van der Waals surface area contributed by atoms with Gasteiger partial charge in [-0.3, -0.25) is 14.3 Å². The third kappa shape index (κ3) is 4.23. The molecule has 1 saturated heterocycles. The van der Waals surface area contributed by atoms with Crippen LogP contribution in [-0.2, 0) is 16.6 Å². The lowest BCUT2D eigenvalue weighted by molar-refractivity contribution is -0.126. The van der Waals surface area contributed by atoms with Gasteiger partial charge in [0.2, 0.25) is 11.8 Å². The maximum Gasteiger partial charge on any atom is 0.246 e. The van der Waals surface area contributed by atoms with Gasteiger partial charge < -0.3 is 15.3 Å². The Bertz CT molecular complexity index is 651. The molecule has 1 aromatic heterocycles. The van der Waals surface area contributed by atoms with Gasteiger partial charge in [-0.25, -0.2) is 0 Å². The van der Waals surface area contributed by atoms with Crippen LogP contribution < -0.4 is 5.32 Å². The summed E-state index contributed by atoms with van der Waals surface area (Å²) >= 11 is 0. The number of aromatic nitrogens is 2. The molecule has 0 aliphatic carbocycles. The van der Waals surface area contributed by atoms with E-state index in [4.69, 9.17) is 0 Å². The number of likely N-dealkylation sites (tertiary alicyclic amines) is 1. The van der Waals surface area contributed by atoms with Gasteiger partial charge in [-0.1, -0.05) is 0 Å². The maximum atomic E-state index is 12.4. The number of hydrogen-bond acceptors (Lipinski definition) is 4. The van der Waals surface area contributed by atoms with Crippen molar-refractivity contribution in [3.8, 4) is 0 Å². The zero-order chi connectivity index (χ0) is 17.9. The summed E-state index contributed by atoms with van der Waals surface area (Å²) < 4.78 is 1.79. The fraction of sp³-hybridized carbons (Fsp3) is 0.588. The highest BCUT2D eigenvalue weighted by atomic mass is 16.3. The Hall–Kier alpha value is -2.15. The van der Waals surface area contributed by atoms with Crippen LogP contribution in [-0.4, -0.2) is 56.8 Å². The average Bonchev–Trinajstić information content (AvgIpc) is 2.65. The molecule has 1 aromatic rings. The predicted octanol–water partition coefficient (Wildman–Crippen LogP) is 0.538. The lowest BCUT2D eigenvalue weighted by atomic mass is 10.1. The van der Waals surface area contributed by atoms with E-state index >= 15 is 0 Å². The summed E-state index contributed by atoms with van der Waals surface area (Å²) in [5.41, 5.74) is 2.85. The van der Waals surface area contributed by atoms with Gasteiger partial charge in [0.15, 0.2) is 0 Å². The van der Waals surface area contributed by atoms with Crippen LogP contribution in [0.3, 0.4) is 0 Å². The summed E-state index contributed by atoms with van der Waals surface area (Å²) in [5.74, 6) is -0.255. The van der Waals surface area contributed by atoms with Crippen molar-refractivity contribution in [1.82, 2.24) is 20.0 Å². The summed E-state index contributed by atoms with van der Waals surface area (Å²) in [6, 6.07) is -0.299. The van der Waals surface area contributed by atoms with Gasteiger partial charge >= 0.3 is 0 Å². The van der Waals surface area contributed by atoms with Gasteiger partial charge in [0.25, 0.3) is 0 Å². The Balaban J connectivity index is 2.02. The normalized spacial score (nSPS) is 21.8. The van der Waals surface area contributed by atoms with Crippen LogP contribution in [0.5, 0.6) is 0 Å². The highest BCUT2D eigenvalue weighted by Crippen LogP contribution is 2.16. The fourth-order valence-electron chi connectivity index (χ4n) is 3.03. The van der Waals surface area contributed by atoms with E-state index in [2.05, 4.69) is 10.4 Å². The molecule has 24 heavy (non-hydrogen) atoms. The first kappa shape index (κ1) is 18.2. The number of carbonyl (C=O) groups excluding carboxylic acids is 2. The highest BCUT2D eigenvalue weighted by molar-refractivity contribution is 5.92. The molecule has 0 aromatic carbocycles. The Morgan fingerprint density at radius 3 is 2.54 bits per heavy atom. The van der Waals surface area contributed by atoms with Crippen LogP contribution in [0.4, 0.5) is 0 Å². The van der Waals surface area contributed by atoms with Crippen LogP contribution in [0.25, 0.3) is 6.08 Å². The Morgan fingerprint density at radius 1 is 1.29 bits per heavy atom. The second-order valence-corrected chi connectivity index (χ2v) is 6.32. The lowest BCUT2D eigenvalue weighted by Gasteiger charge is -2.20. The minimum atomic E-state index is -0.626. The SMILES string of the molecule is CC(=O)N[C@H]1CCN(C(=O)/C=C/c2c(C)nn(C)c2C)CC[C@@H]1O. The average molecular weight is 334 g/mol. The van der Waals surface area contributed by atoms with E-state index < -0.39 is 6.10 Å². The van der Waals surface area contributed by atoms with Crippen molar-refractivity contribution in [2.24, 2.45) is 7.05 Å². The Labute approximate surface area is 142 Å². The first-order chi connectivity index (χ1) is 11.3. The molecule has 1 aliphatic rings. The molecule has 0 unspecified atom stereocenters. The molecule has 2 atom stereocenters. The molecule has 0 bridgehead atoms. The summed E-state index contributed by atoms with van der Waals surface area (Å²) in [5, 5.41) is 17.2. The highest BCUT2D eigenvalue weighted by Gasteiger charge is 2.26. The van der Waals surface area contributed by atoms with E-state index in [0.717, 1.165) is 17.0 Å². The zero-order valence-electron chi connectivity index (χ0n) is 14.7. The first-order valence-corrected chi connectivity index (χ1v) is 8.22. The molecule has 2 N–H and O–H groups in total. The summed E-state index contributed by atoms with van der Waals surface area (Å²) in [6.45, 7) is 6.30. The molecule has 2 heterocycles. The number of aliphatic hydroxyl groups excluding tert-OH is 1. The fourth-order valence-corrected chi connectivity index (χ4v) is 3.03. The molecule has 2 amide bonds. The number of nitrogens with zero attached hydrogens (tertiary/aromatic N) is 3. The van der Waals surface area contributed by atoms with Crippen molar-refractivity contribution in [3.63, 3.8) is 0 Å². The van der Waals surface area contributed by atoms with Crippen molar-refractivity contribution in [3.05, 3.63) is 23.0 Å². The van der Waals surface area contributed by atoms with E-state index in [1.54, 1.807) is 21.7 Å². The summed E-state index contributed by atoms with van der Waals surface area (Å²) in [4.78, 5) is 25.3. The molecule has 0 saturated carbocycles. The van der Waals surface area contributed by atoms with Crippen molar-refractivity contribution >= 4 is 17.9 Å². The van der Waals surface area contributed by atoms with Gasteiger partial charge in [0, 0.05) is 44.4 Å². The quantitative estimate of drug-likeness (QED) is 0.790. The van der Waals surface area contributed by atoms with E-state index in [1.807, 2.05) is 20.9 Å². The molecule has 7 heteroatoms. The zero-order valence-corrected chi connectivity index (χ0v) is 14.7. The minimum absolute atomic E-state index is 0.0895. The monoisotopic (exact) mass is 334 g/mol. The third-order valence-corrected chi connectivity index (χ3v) is 4.53. The largest absolute Gasteiger partial charge is 0.391 e. The number of aliphatic hydroxyl groups is 1. The number of nitrogens with one attached hydrogen (secondary N) is 1. The molecular formula is C17H26N4O3. The van der Waals surface area contributed by atoms with Crippen LogP contribution >= 0.6 is 0 Å². The van der Waals surface area contributed by atoms with Crippen molar-refractivity contribution in [2.75, 3.05) is 13.1 Å². The number of hydrogen-bond donors (Lipinski definition) is 2. The smallest absolute Gasteiger partial charge is 0.246 e. The number of rotatable bonds is 3. The second kappa shape index (κ2) is 7.61. The van der Waals surface area contributed by atoms with Gasteiger partial charge in [0.1, 0.15) is 0 Å². The summed E-state index contributed by atoms with van der Waals surface area (Å²) in [6.07, 6.45) is 3.73. The van der Waals surface area contributed by atoms with Crippen LogP contribution in [0.15, 0.2) is 6.08 Å². The molecule has 1 fully saturated rings. The molecule has 1 aliphatic heterocycles. The van der Waals surface area contributed by atoms with Crippen LogP contribution in [0.1, 0.15) is 36.7 Å². The standard InChI is InChI=1S/C17H26N4O3/c1-11-14(12(2)20(4)19-11)5-6-17(24)21-9-7-15(18-13(3)22)16(23)8-10-21/h5-6,15-16,23H,7-10H2,1-4H3,(H,18,22)/b6-5+/t15-,16-/m0/s1. The minimum Gasteiger partial charge on any atom is -0.391 e. The van der Waals surface area contributed by atoms with Gasteiger partial charge in [-0.15, -0.1) is 0 Å². The van der Waals surface area contributed by atoms with Crippen molar-refractivity contribution < 1.29 is 14.7 Å². The topological polar surface area (TPSA) is 87.5 Å². The molecule has 7 nitrogen and oxygen atoms in total. The second-order valence-electron chi connectivity index (χ2n) is 6.32. The van der Waals surface area contributed by atoms with Gasteiger partial charge in [-0.05, 0) is 32.8 Å². The molecule has 0 radical (unpaired) electrons. The Kier molecular flexibility index (Phi) is 5.77. The van der Waals surface area contributed by atoms with E-state index in [-0.39, 0.29) is 17.9 Å². The number of aryl methyl sites for hydroxylation is 2. The number of carbonyl (C=O) groups is 2. The van der Waals surface area contributed by atoms with Crippen molar-refractivity contribution in [1.29, 1.82) is 0 Å². The Morgan fingerprint density at radius 2 is 1.96 bits per heavy atom. The summed E-state index contributed by atoms with van der Waals surface area (Å²) in [7, 11) is 1.87. The van der Waals surface area contributed by atoms with E-state index in [0.29, 0.717) is 25.9 Å². The predicted molar refractivity (Wildman–Crippen MR) is 91.1 cm³/mol. The third-order valence-electron chi connectivity index (χ3n) is 4.53. The van der Waals surface area contributed by atoms with E-state index in [9.17, 15) is 14.7 Å². The van der Waals surface area contributed by atoms with Gasteiger partial charge in [0.05, 0.1) is 17.8 Å². The van der Waals surface area contributed by atoms with Crippen LogP contribution in [0, 0.1) is 13.8 Å². The molecule has 132 valence electrons. The lowest BCUT2D eigenvalue weighted by Crippen LogP contribution is -2.42. The van der Waals surface area contributed by atoms with Crippen LogP contribution in [0.2, 0.25) is 0 Å². The molecule has 0 spiro atoms. The van der Waals surface area contributed by atoms with Crippen molar-refractivity contribution in [2.45, 2.75) is 45.8 Å². The van der Waals surface area contributed by atoms with E-state index in [1.165, 1.54) is 6.92 Å². The first-order valence-electron chi connectivity index (χ1n) is 8.22. The maximum absolute atomic E-state index is 12.4. The number of amides is 2.